The van der Waals surface area contributed by atoms with Crippen LogP contribution in [0.25, 0.3) is 0 Å². The standard InChI is InChI=1S/C14H15IN2O2S/c1-14-6-5-12(18)17(14)11(8-20-14)13(19)16-10-4-2-3-9(15)7-10/h2-4,7,11H,5-6,8H2,1H3,(H,16,19). The molecule has 2 heterocycles. The Kier molecular flexibility index (Phi) is 3.70. The second-order valence-corrected chi connectivity index (χ2v) is 8.01. The quantitative estimate of drug-likeness (QED) is 0.775. The van der Waals surface area contributed by atoms with Crippen LogP contribution in [0.15, 0.2) is 24.3 Å². The summed E-state index contributed by atoms with van der Waals surface area (Å²) in [5, 5.41) is 2.92. The molecule has 0 aliphatic carbocycles. The molecule has 3 rings (SSSR count). The van der Waals surface area contributed by atoms with Gasteiger partial charge in [-0.1, -0.05) is 6.07 Å². The molecular formula is C14H15IN2O2S. The number of rotatable bonds is 2. The molecule has 0 spiro atoms. The zero-order chi connectivity index (χ0) is 14.3. The lowest BCUT2D eigenvalue weighted by molar-refractivity contribution is -0.135. The summed E-state index contributed by atoms with van der Waals surface area (Å²) in [7, 11) is 0. The number of anilines is 1. The number of benzene rings is 1. The van der Waals surface area contributed by atoms with Gasteiger partial charge in [-0.15, -0.1) is 11.8 Å². The number of carbonyl (C=O) groups excluding carboxylic acids is 2. The smallest absolute Gasteiger partial charge is 0.248 e. The SMILES string of the molecule is CC12CCC(=O)N1C(C(=O)Nc1cccc(I)c1)CS2. The van der Waals surface area contributed by atoms with E-state index < -0.39 is 0 Å². The largest absolute Gasteiger partial charge is 0.324 e. The number of nitrogens with one attached hydrogen (secondary N) is 1. The van der Waals surface area contributed by atoms with E-state index in [-0.39, 0.29) is 22.7 Å². The van der Waals surface area contributed by atoms with Crippen molar-refractivity contribution < 1.29 is 9.59 Å². The Hall–Kier alpha value is -0.760. The van der Waals surface area contributed by atoms with Crippen LogP contribution < -0.4 is 5.32 Å². The minimum Gasteiger partial charge on any atom is -0.324 e. The third-order valence-corrected chi connectivity index (χ3v) is 6.02. The van der Waals surface area contributed by atoms with Crippen molar-refractivity contribution in [3.63, 3.8) is 0 Å². The summed E-state index contributed by atoms with van der Waals surface area (Å²) in [5.41, 5.74) is 0.784. The molecule has 6 heteroatoms. The average molecular weight is 402 g/mol. The summed E-state index contributed by atoms with van der Waals surface area (Å²) in [5.74, 6) is 0.691. The third-order valence-electron chi connectivity index (χ3n) is 3.84. The molecule has 2 fully saturated rings. The van der Waals surface area contributed by atoms with Crippen molar-refractivity contribution >= 4 is 51.9 Å². The molecule has 2 saturated heterocycles. The zero-order valence-corrected chi connectivity index (χ0v) is 14.0. The highest BCUT2D eigenvalue weighted by Gasteiger charge is 2.52. The Morgan fingerprint density at radius 3 is 3.10 bits per heavy atom. The van der Waals surface area contributed by atoms with Crippen LogP contribution in [0.5, 0.6) is 0 Å². The molecule has 2 atom stereocenters. The molecule has 2 aliphatic rings. The molecule has 0 bridgehead atoms. The van der Waals surface area contributed by atoms with E-state index in [1.54, 1.807) is 16.7 Å². The highest BCUT2D eigenvalue weighted by atomic mass is 127. The van der Waals surface area contributed by atoms with E-state index in [1.807, 2.05) is 24.3 Å². The number of fused-ring (bicyclic) bond motifs is 1. The van der Waals surface area contributed by atoms with Gasteiger partial charge in [-0.3, -0.25) is 9.59 Å². The maximum atomic E-state index is 12.4. The van der Waals surface area contributed by atoms with Crippen LogP contribution in [0.3, 0.4) is 0 Å². The molecule has 0 radical (unpaired) electrons. The normalized spacial score (nSPS) is 28.6. The lowest BCUT2D eigenvalue weighted by atomic mass is 10.2. The first kappa shape index (κ1) is 14.2. The van der Waals surface area contributed by atoms with Crippen molar-refractivity contribution in [3.8, 4) is 0 Å². The zero-order valence-electron chi connectivity index (χ0n) is 11.1. The van der Waals surface area contributed by atoms with Gasteiger partial charge in [0.05, 0.1) is 4.87 Å². The van der Waals surface area contributed by atoms with Gasteiger partial charge in [0, 0.05) is 21.4 Å². The van der Waals surface area contributed by atoms with Crippen LogP contribution in [-0.2, 0) is 9.59 Å². The number of carbonyl (C=O) groups is 2. The average Bonchev–Trinajstić information content (AvgIpc) is 2.87. The number of hydrogen-bond acceptors (Lipinski definition) is 3. The molecule has 20 heavy (non-hydrogen) atoms. The minimum absolute atomic E-state index is 0.0847. The minimum atomic E-state index is -0.349. The number of amides is 2. The summed E-state index contributed by atoms with van der Waals surface area (Å²) in [4.78, 5) is 26.0. The van der Waals surface area contributed by atoms with Gasteiger partial charge in [-0.2, -0.15) is 0 Å². The molecule has 1 aromatic carbocycles. The maximum Gasteiger partial charge on any atom is 0.248 e. The molecule has 106 valence electrons. The van der Waals surface area contributed by atoms with Crippen molar-refractivity contribution in [2.75, 3.05) is 11.1 Å². The Labute approximate surface area is 135 Å². The van der Waals surface area contributed by atoms with Gasteiger partial charge in [-0.25, -0.2) is 0 Å². The van der Waals surface area contributed by atoms with Crippen molar-refractivity contribution in [1.29, 1.82) is 0 Å². The summed E-state index contributed by atoms with van der Waals surface area (Å²) < 4.78 is 1.07. The van der Waals surface area contributed by atoms with E-state index in [0.717, 1.165) is 15.7 Å². The Morgan fingerprint density at radius 2 is 2.35 bits per heavy atom. The van der Waals surface area contributed by atoms with Gasteiger partial charge in [0.1, 0.15) is 6.04 Å². The van der Waals surface area contributed by atoms with Crippen LogP contribution in [0, 0.1) is 3.57 Å². The Morgan fingerprint density at radius 1 is 1.55 bits per heavy atom. The number of halogens is 1. The van der Waals surface area contributed by atoms with Crippen LogP contribution in [0.2, 0.25) is 0 Å². The van der Waals surface area contributed by atoms with Crippen LogP contribution in [-0.4, -0.2) is 33.4 Å². The lowest BCUT2D eigenvalue weighted by Gasteiger charge is -2.29. The molecular weight excluding hydrogens is 387 g/mol. The van der Waals surface area contributed by atoms with Crippen LogP contribution in [0.1, 0.15) is 19.8 Å². The fourth-order valence-electron chi connectivity index (χ4n) is 2.81. The van der Waals surface area contributed by atoms with Gasteiger partial charge in [0.15, 0.2) is 0 Å². The summed E-state index contributed by atoms with van der Waals surface area (Å²) >= 11 is 3.92. The number of hydrogen-bond donors (Lipinski definition) is 1. The first-order valence-corrected chi connectivity index (χ1v) is 8.59. The van der Waals surface area contributed by atoms with E-state index >= 15 is 0 Å². The second-order valence-electron chi connectivity index (χ2n) is 5.27. The molecule has 1 aromatic rings. The first-order valence-electron chi connectivity index (χ1n) is 6.52. The molecule has 0 aromatic heterocycles. The van der Waals surface area contributed by atoms with Gasteiger partial charge in [0.2, 0.25) is 11.8 Å². The molecule has 4 nitrogen and oxygen atoms in total. The molecule has 2 amide bonds. The van der Waals surface area contributed by atoms with Crippen molar-refractivity contribution in [1.82, 2.24) is 4.90 Å². The van der Waals surface area contributed by atoms with E-state index in [4.69, 9.17) is 0 Å². The van der Waals surface area contributed by atoms with Gasteiger partial charge in [0.25, 0.3) is 0 Å². The number of thioether (sulfide) groups is 1. The van der Waals surface area contributed by atoms with Gasteiger partial charge < -0.3 is 10.2 Å². The Bertz CT molecular complexity index is 580. The fourth-order valence-corrected chi connectivity index (χ4v) is 4.78. The summed E-state index contributed by atoms with van der Waals surface area (Å²) in [6.45, 7) is 2.06. The van der Waals surface area contributed by atoms with E-state index in [2.05, 4.69) is 34.8 Å². The lowest BCUT2D eigenvalue weighted by Crippen LogP contribution is -2.48. The van der Waals surface area contributed by atoms with Crippen molar-refractivity contribution in [2.45, 2.75) is 30.7 Å². The van der Waals surface area contributed by atoms with E-state index in [9.17, 15) is 9.59 Å². The monoisotopic (exact) mass is 402 g/mol. The predicted molar refractivity (Wildman–Crippen MR) is 88.5 cm³/mol. The number of nitrogens with zero attached hydrogens (tertiary/aromatic N) is 1. The molecule has 0 saturated carbocycles. The van der Waals surface area contributed by atoms with Gasteiger partial charge in [-0.05, 0) is 54.1 Å². The molecule has 1 N–H and O–H groups in total. The van der Waals surface area contributed by atoms with E-state index in [1.165, 1.54) is 0 Å². The topological polar surface area (TPSA) is 49.4 Å². The maximum absolute atomic E-state index is 12.4. The van der Waals surface area contributed by atoms with Crippen LogP contribution >= 0.6 is 34.4 Å². The third kappa shape index (κ3) is 2.43. The van der Waals surface area contributed by atoms with E-state index in [0.29, 0.717) is 12.2 Å². The van der Waals surface area contributed by atoms with Crippen LogP contribution in [0.4, 0.5) is 5.69 Å². The highest BCUT2D eigenvalue weighted by Crippen LogP contribution is 2.47. The predicted octanol–water partition coefficient (Wildman–Crippen LogP) is 2.68. The highest BCUT2D eigenvalue weighted by molar-refractivity contribution is 14.1. The summed E-state index contributed by atoms with van der Waals surface area (Å²) in [6, 6.07) is 7.32. The fraction of sp³-hybridized carbons (Fsp3) is 0.429. The molecule has 2 aliphatic heterocycles. The summed E-state index contributed by atoms with van der Waals surface area (Å²) in [6.07, 6.45) is 1.39. The molecule has 2 unspecified atom stereocenters. The van der Waals surface area contributed by atoms with Crippen molar-refractivity contribution in [2.24, 2.45) is 0 Å². The van der Waals surface area contributed by atoms with Crippen molar-refractivity contribution in [3.05, 3.63) is 27.8 Å². The first-order chi connectivity index (χ1) is 9.49. The second kappa shape index (κ2) is 5.22. The van der Waals surface area contributed by atoms with Gasteiger partial charge >= 0.3 is 0 Å². The Balaban J connectivity index is 1.76.